The summed E-state index contributed by atoms with van der Waals surface area (Å²) in [6, 6.07) is 4.61. The Balaban J connectivity index is 2.44. The van der Waals surface area contributed by atoms with Crippen LogP contribution >= 0.6 is 11.3 Å². The second kappa shape index (κ2) is 5.12. The zero-order chi connectivity index (χ0) is 10.6. The fourth-order valence-corrected chi connectivity index (χ4v) is 2.08. The number of thiophene rings is 1. The van der Waals surface area contributed by atoms with Crippen LogP contribution in [0.25, 0.3) is 0 Å². The van der Waals surface area contributed by atoms with Crippen LogP contribution < -0.4 is 5.73 Å². The van der Waals surface area contributed by atoms with Gasteiger partial charge in [-0.2, -0.15) is 0 Å². The van der Waals surface area contributed by atoms with E-state index >= 15 is 0 Å². The summed E-state index contributed by atoms with van der Waals surface area (Å²) in [5, 5.41) is 9.24. The molecule has 0 aliphatic rings. The number of amidine groups is 1. The maximum absolute atomic E-state index is 7.16. The second-order valence-corrected chi connectivity index (χ2v) is 4.43. The van der Waals surface area contributed by atoms with Gasteiger partial charge in [-0.3, -0.25) is 10.3 Å². The number of hydrogen-bond donors (Lipinski definition) is 2. The Bertz CT molecular complexity index is 282. The molecule has 0 saturated heterocycles. The summed E-state index contributed by atoms with van der Waals surface area (Å²) in [5.41, 5.74) is 5.32. The molecule has 78 valence electrons. The van der Waals surface area contributed by atoms with Gasteiger partial charge < -0.3 is 5.73 Å². The molecule has 0 amide bonds. The Morgan fingerprint density at radius 1 is 1.71 bits per heavy atom. The third kappa shape index (κ3) is 3.12. The molecule has 3 nitrogen and oxygen atoms in total. The minimum Gasteiger partial charge on any atom is -0.388 e. The van der Waals surface area contributed by atoms with E-state index < -0.39 is 0 Å². The highest BCUT2D eigenvalue weighted by Crippen LogP contribution is 2.23. The molecule has 1 aromatic heterocycles. The normalized spacial score (nSPS) is 13.1. The van der Waals surface area contributed by atoms with Crippen molar-refractivity contribution in [3.05, 3.63) is 22.4 Å². The molecule has 0 fully saturated rings. The number of hydrogen-bond acceptors (Lipinski definition) is 3. The lowest BCUT2D eigenvalue weighted by molar-refractivity contribution is 0.272. The van der Waals surface area contributed by atoms with E-state index in [0.29, 0.717) is 12.5 Å². The van der Waals surface area contributed by atoms with E-state index in [1.54, 1.807) is 11.3 Å². The Labute approximate surface area is 89.0 Å². The van der Waals surface area contributed by atoms with Crippen molar-refractivity contribution in [3.8, 4) is 0 Å². The average Bonchev–Trinajstić information content (AvgIpc) is 2.65. The first kappa shape index (κ1) is 11.2. The van der Waals surface area contributed by atoms with Crippen molar-refractivity contribution in [2.45, 2.75) is 19.4 Å². The molecule has 0 spiro atoms. The maximum atomic E-state index is 7.16. The van der Waals surface area contributed by atoms with E-state index in [-0.39, 0.29) is 5.84 Å². The summed E-state index contributed by atoms with van der Waals surface area (Å²) in [6.07, 6.45) is 0.645. The molecule has 3 N–H and O–H groups in total. The summed E-state index contributed by atoms with van der Waals surface area (Å²) in [6.45, 7) is 3.01. The molecular formula is C10H17N3S. The molecular weight excluding hydrogens is 194 g/mol. The molecule has 1 rings (SSSR count). The predicted molar refractivity (Wildman–Crippen MR) is 61.9 cm³/mol. The number of rotatable bonds is 5. The molecule has 0 bridgehead atoms. The molecule has 1 unspecified atom stereocenters. The van der Waals surface area contributed by atoms with Crippen molar-refractivity contribution >= 4 is 17.2 Å². The predicted octanol–water partition coefficient (Wildman–Crippen LogP) is 2.07. The first-order valence-corrected chi connectivity index (χ1v) is 5.55. The molecule has 14 heavy (non-hydrogen) atoms. The molecule has 0 aromatic carbocycles. The Kier molecular flexibility index (Phi) is 4.10. The van der Waals surface area contributed by atoms with Gasteiger partial charge in [0.25, 0.3) is 0 Å². The fourth-order valence-electron chi connectivity index (χ4n) is 1.24. The minimum atomic E-state index is 0.259. The highest BCUT2D eigenvalue weighted by atomic mass is 32.1. The number of nitrogens with two attached hydrogens (primary N) is 1. The molecule has 0 radical (unpaired) electrons. The molecule has 0 aliphatic heterocycles. The van der Waals surface area contributed by atoms with E-state index in [4.69, 9.17) is 11.1 Å². The molecule has 0 aliphatic carbocycles. The van der Waals surface area contributed by atoms with Crippen molar-refractivity contribution in [3.63, 3.8) is 0 Å². The molecule has 1 heterocycles. The first-order valence-electron chi connectivity index (χ1n) is 4.68. The van der Waals surface area contributed by atoms with Gasteiger partial charge in [-0.1, -0.05) is 6.07 Å². The van der Waals surface area contributed by atoms with Gasteiger partial charge in [0, 0.05) is 23.9 Å². The topological polar surface area (TPSA) is 53.1 Å². The van der Waals surface area contributed by atoms with Crippen molar-refractivity contribution < 1.29 is 0 Å². The van der Waals surface area contributed by atoms with Gasteiger partial charge in [0.2, 0.25) is 0 Å². The van der Waals surface area contributed by atoms with Crippen molar-refractivity contribution in [2.24, 2.45) is 5.73 Å². The SMILES string of the molecule is CC(c1cccs1)N(C)CCC(=N)N. The van der Waals surface area contributed by atoms with Gasteiger partial charge in [-0.15, -0.1) is 11.3 Å². The summed E-state index contributed by atoms with van der Waals surface area (Å²) >= 11 is 1.77. The summed E-state index contributed by atoms with van der Waals surface area (Å²) in [5.74, 6) is 0.259. The van der Waals surface area contributed by atoms with Gasteiger partial charge in [0.05, 0.1) is 5.84 Å². The van der Waals surface area contributed by atoms with Crippen LogP contribution in [0.15, 0.2) is 17.5 Å². The van der Waals surface area contributed by atoms with Gasteiger partial charge in [-0.25, -0.2) is 0 Å². The highest BCUT2D eigenvalue weighted by Gasteiger charge is 2.11. The van der Waals surface area contributed by atoms with E-state index in [9.17, 15) is 0 Å². The van der Waals surface area contributed by atoms with E-state index in [1.165, 1.54) is 4.88 Å². The standard InChI is InChI=1S/C10H17N3S/c1-8(9-4-3-7-14-9)13(2)6-5-10(11)12/h3-4,7-8H,5-6H2,1-2H3,(H3,11,12). The summed E-state index contributed by atoms with van der Waals surface area (Å²) < 4.78 is 0. The third-order valence-electron chi connectivity index (χ3n) is 2.35. The lowest BCUT2D eigenvalue weighted by atomic mass is 10.2. The third-order valence-corrected chi connectivity index (χ3v) is 3.39. The zero-order valence-corrected chi connectivity index (χ0v) is 9.47. The van der Waals surface area contributed by atoms with Crippen molar-refractivity contribution in [2.75, 3.05) is 13.6 Å². The van der Waals surface area contributed by atoms with Gasteiger partial charge in [-0.05, 0) is 25.4 Å². The van der Waals surface area contributed by atoms with Gasteiger partial charge in [0.1, 0.15) is 0 Å². The second-order valence-electron chi connectivity index (χ2n) is 3.45. The monoisotopic (exact) mass is 211 g/mol. The van der Waals surface area contributed by atoms with Gasteiger partial charge >= 0.3 is 0 Å². The molecule has 0 saturated carbocycles. The maximum Gasteiger partial charge on any atom is 0.0918 e. The minimum absolute atomic E-state index is 0.259. The Hall–Kier alpha value is -0.870. The van der Waals surface area contributed by atoms with Crippen molar-refractivity contribution in [1.82, 2.24) is 4.90 Å². The fraction of sp³-hybridized carbons (Fsp3) is 0.500. The van der Waals surface area contributed by atoms with Crippen LogP contribution in [0.4, 0.5) is 0 Å². The quantitative estimate of drug-likeness (QED) is 0.578. The van der Waals surface area contributed by atoms with Crippen molar-refractivity contribution in [1.29, 1.82) is 5.41 Å². The lowest BCUT2D eigenvalue weighted by Crippen LogP contribution is -2.26. The smallest absolute Gasteiger partial charge is 0.0918 e. The van der Waals surface area contributed by atoms with Crippen LogP contribution in [0.3, 0.4) is 0 Å². The lowest BCUT2D eigenvalue weighted by Gasteiger charge is -2.23. The average molecular weight is 211 g/mol. The molecule has 4 heteroatoms. The molecule has 1 atom stereocenters. The van der Waals surface area contributed by atoms with Crippen LogP contribution in [-0.2, 0) is 0 Å². The van der Waals surface area contributed by atoms with Crippen LogP contribution in [0, 0.1) is 5.41 Å². The number of nitrogens with zero attached hydrogens (tertiary/aromatic N) is 1. The van der Waals surface area contributed by atoms with Gasteiger partial charge in [0.15, 0.2) is 0 Å². The first-order chi connectivity index (χ1) is 6.61. The Morgan fingerprint density at radius 2 is 2.43 bits per heavy atom. The van der Waals surface area contributed by atoms with E-state index in [2.05, 4.69) is 36.4 Å². The summed E-state index contributed by atoms with van der Waals surface area (Å²) in [4.78, 5) is 3.57. The zero-order valence-electron chi connectivity index (χ0n) is 8.66. The van der Waals surface area contributed by atoms with Crippen LogP contribution in [0.1, 0.15) is 24.3 Å². The largest absolute Gasteiger partial charge is 0.388 e. The number of nitrogens with one attached hydrogen (secondary N) is 1. The summed E-state index contributed by atoms with van der Waals surface area (Å²) in [7, 11) is 2.06. The molecule has 1 aromatic rings. The van der Waals surface area contributed by atoms with Crippen LogP contribution in [0.2, 0.25) is 0 Å². The van der Waals surface area contributed by atoms with E-state index in [1.807, 2.05) is 0 Å². The van der Waals surface area contributed by atoms with Crippen LogP contribution in [0.5, 0.6) is 0 Å². The van der Waals surface area contributed by atoms with E-state index in [0.717, 1.165) is 6.54 Å². The van der Waals surface area contributed by atoms with Crippen LogP contribution in [-0.4, -0.2) is 24.3 Å². The highest BCUT2D eigenvalue weighted by molar-refractivity contribution is 7.10. The Morgan fingerprint density at radius 3 is 2.93 bits per heavy atom.